The van der Waals surface area contributed by atoms with Crippen LogP contribution in [-0.4, -0.2) is 22.3 Å². The second kappa shape index (κ2) is 6.67. The predicted octanol–water partition coefficient (Wildman–Crippen LogP) is 3.66. The molecule has 3 rings (SSSR count). The Kier molecular flexibility index (Phi) is 4.45. The molecule has 0 aliphatic rings. The number of nitrogens with one attached hydrogen (secondary N) is 2. The summed E-state index contributed by atoms with van der Waals surface area (Å²) in [6.07, 6.45) is 1.58. The first kappa shape index (κ1) is 14.7. The zero-order valence-corrected chi connectivity index (χ0v) is 13.7. The van der Waals surface area contributed by atoms with Gasteiger partial charge >= 0.3 is 0 Å². The minimum atomic E-state index is -0.356. The molecule has 0 fully saturated rings. The number of H-pyrrole nitrogens is 1. The maximum atomic E-state index is 12.0. The highest BCUT2D eigenvalue weighted by Gasteiger charge is 2.10. The van der Waals surface area contributed by atoms with E-state index >= 15 is 0 Å². The topological polar surface area (TPSA) is 70.1 Å². The van der Waals surface area contributed by atoms with Gasteiger partial charge in [0.1, 0.15) is 0 Å². The molecule has 1 amide bonds. The molecule has 0 aliphatic heterocycles. The van der Waals surface area contributed by atoms with E-state index in [0.29, 0.717) is 5.69 Å². The Morgan fingerprint density at radius 2 is 2.23 bits per heavy atom. The highest BCUT2D eigenvalue weighted by Crippen LogP contribution is 2.22. The molecule has 0 aliphatic carbocycles. The van der Waals surface area contributed by atoms with Gasteiger partial charge in [0.2, 0.25) is 0 Å². The maximum Gasteiger partial charge on any atom is 0.291 e. The molecule has 5 nitrogen and oxygen atoms in total. The Morgan fingerprint density at radius 3 is 3.00 bits per heavy atom. The maximum absolute atomic E-state index is 12.0. The Hall–Kier alpha value is -2.25. The number of carbonyl (C=O) groups excluding carboxylic acids is 1. The van der Waals surface area contributed by atoms with Crippen molar-refractivity contribution in [1.82, 2.24) is 15.6 Å². The van der Waals surface area contributed by atoms with Gasteiger partial charge in [0.25, 0.3) is 5.91 Å². The molecule has 0 bridgehead atoms. The van der Waals surface area contributed by atoms with Gasteiger partial charge in [-0.15, -0.1) is 11.3 Å². The molecular formula is C15H11BrN4OS. The summed E-state index contributed by atoms with van der Waals surface area (Å²) >= 11 is 4.96. The van der Waals surface area contributed by atoms with E-state index < -0.39 is 0 Å². The molecule has 1 aromatic carbocycles. The average Bonchev–Trinajstić information content (AvgIpc) is 3.18. The van der Waals surface area contributed by atoms with Crippen molar-refractivity contribution < 1.29 is 4.79 Å². The molecule has 22 heavy (non-hydrogen) atoms. The van der Waals surface area contributed by atoms with Crippen molar-refractivity contribution in [2.75, 3.05) is 0 Å². The third-order valence-electron chi connectivity index (χ3n) is 2.83. The number of hydrogen-bond donors (Lipinski definition) is 2. The van der Waals surface area contributed by atoms with E-state index in [9.17, 15) is 4.79 Å². The first-order valence-corrected chi connectivity index (χ1v) is 8.08. The van der Waals surface area contributed by atoms with E-state index in [1.807, 2.05) is 41.8 Å². The summed E-state index contributed by atoms with van der Waals surface area (Å²) in [6, 6.07) is 13.2. The molecule has 110 valence electrons. The third-order valence-corrected chi connectivity index (χ3v) is 4.22. The summed E-state index contributed by atoms with van der Waals surface area (Å²) in [5.41, 5.74) is 4.46. The number of carbonyl (C=O) groups is 1. The standard InChI is InChI=1S/C15H11BrN4OS/c16-11-4-1-3-10(7-11)9-17-20-15(21)13-8-12(18-19-13)14-5-2-6-22-14/h1-9H,(H,18,19)(H,20,21)/b17-9-. The van der Waals surface area contributed by atoms with Crippen LogP contribution in [0, 0.1) is 0 Å². The quantitative estimate of drug-likeness (QED) is 0.540. The minimum Gasteiger partial charge on any atom is -0.276 e. The number of aromatic nitrogens is 2. The molecule has 7 heteroatoms. The fourth-order valence-corrected chi connectivity index (χ4v) is 2.92. The van der Waals surface area contributed by atoms with E-state index in [1.165, 1.54) is 0 Å². The van der Waals surface area contributed by atoms with E-state index in [2.05, 4.69) is 36.7 Å². The summed E-state index contributed by atoms with van der Waals surface area (Å²) in [4.78, 5) is 13.0. The van der Waals surface area contributed by atoms with Gasteiger partial charge in [-0.1, -0.05) is 34.1 Å². The van der Waals surface area contributed by atoms with Crippen LogP contribution in [-0.2, 0) is 0 Å². The van der Waals surface area contributed by atoms with Crippen molar-refractivity contribution in [2.45, 2.75) is 0 Å². The molecule has 0 radical (unpaired) electrons. The number of rotatable bonds is 4. The summed E-state index contributed by atoms with van der Waals surface area (Å²) in [5, 5.41) is 12.8. The molecule has 0 atom stereocenters. The highest BCUT2D eigenvalue weighted by atomic mass is 79.9. The van der Waals surface area contributed by atoms with Crippen molar-refractivity contribution >= 4 is 39.4 Å². The van der Waals surface area contributed by atoms with E-state index in [0.717, 1.165) is 20.6 Å². The highest BCUT2D eigenvalue weighted by molar-refractivity contribution is 9.10. The van der Waals surface area contributed by atoms with Crippen molar-refractivity contribution in [3.63, 3.8) is 0 Å². The first-order valence-electron chi connectivity index (χ1n) is 6.40. The van der Waals surface area contributed by atoms with Gasteiger partial charge in [0.15, 0.2) is 5.69 Å². The number of amides is 1. The zero-order valence-electron chi connectivity index (χ0n) is 11.3. The van der Waals surface area contributed by atoms with Crippen LogP contribution < -0.4 is 5.43 Å². The van der Waals surface area contributed by atoms with Crippen LogP contribution in [0.4, 0.5) is 0 Å². The SMILES string of the molecule is O=C(N/N=C\c1cccc(Br)c1)c1cc(-c2cccs2)[nH]n1. The molecule has 0 saturated carbocycles. The molecule has 3 aromatic rings. The third kappa shape index (κ3) is 3.49. The summed E-state index contributed by atoms with van der Waals surface area (Å²) in [7, 11) is 0. The van der Waals surface area contributed by atoms with Gasteiger partial charge in [0, 0.05) is 4.47 Å². The van der Waals surface area contributed by atoms with Gasteiger partial charge in [-0.2, -0.15) is 10.2 Å². The Morgan fingerprint density at radius 1 is 1.32 bits per heavy atom. The monoisotopic (exact) mass is 374 g/mol. The largest absolute Gasteiger partial charge is 0.291 e. The summed E-state index contributed by atoms with van der Waals surface area (Å²) in [5.74, 6) is -0.356. The molecule has 0 unspecified atom stereocenters. The lowest BCUT2D eigenvalue weighted by Crippen LogP contribution is -2.17. The van der Waals surface area contributed by atoms with Gasteiger partial charge in [-0.05, 0) is 35.2 Å². The van der Waals surface area contributed by atoms with E-state index in [4.69, 9.17) is 0 Å². The lowest BCUT2D eigenvalue weighted by Gasteiger charge is -1.96. The summed E-state index contributed by atoms with van der Waals surface area (Å²) < 4.78 is 0.954. The van der Waals surface area contributed by atoms with Crippen LogP contribution in [0.25, 0.3) is 10.6 Å². The fourth-order valence-electron chi connectivity index (χ4n) is 1.81. The smallest absolute Gasteiger partial charge is 0.276 e. The number of nitrogens with zero attached hydrogens (tertiary/aromatic N) is 2. The number of hydrazone groups is 1. The van der Waals surface area contributed by atoms with Crippen LogP contribution >= 0.6 is 27.3 Å². The molecule has 2 heterocycles. The summed E-state index contributed by atoms with van der Waals surface area (Å²) in [6.45, 7) is 0. The predicted molar refractivity (Wildman–Crippen MR) is 91.1 cm³/mol. The van der Waals surface area contributed by atoms with Crippen LogP contribution in [0.1, 0.15) is 16.1 Å². The Labute approximate surface area is 139 Å². The second-order valence-electron chi connectivity index (χ2n) is 4.40. The molecule has 0 spiro atoms. The van der Waals surface area contributed by atoms with Gasteiger partial charge in [-0.25, -0.2) is 5.43 Å². The van der Waals surface area contributed by atoms with Gasteiger partial charge in [-0.3, -0.25) is 9.89 Å². The van der Waals surface area contributed by atoms with Gasteiger partial charge in [0.05, 0.1) is 16.8 Å². The van der Waals surface area contributed by atoms with Crippen LogP contribution in [0.15, 0.2) is 57.4 Å². The second-order valence-corrected chi connectivity index (χ2v) is 6.26. The van der Waals surface area contributed by atoms with Crippen LogP contribution in [0.3, 0.4) is 0 Å². The first-order chi connectivity index (χ1) is 10.7. The zero-order chi connectivity index (χ0) is 15.4. The van der Waals surface area contributed by atoms with E-state index in [1.54, 1.807) is 23.6 Å². The van der Waals surface area contributed by atoms with Crippen molar-refractivity contribution in [3.05, 3.63) is 63.6 Å². The van der Waals surface area contributed by atoms with Crippen LogP contribution in [0.5, 0.6) is 0 Å². The number of aromatic amines is 1. The molecule has 2 N–H and O–H groups in total. The molecule has 2 aromatic heterocycles. The van der Waals surface area contributed by atoms with Gasteiger partial charge < -0.3 is 0 Å². The number of thiophene rings is 1. The van der Waals surface area contributed by atoms with Crippen molar-refractivity contribution in [2.24, 2.45) is 5.10 Å². The molecular weight excluding hydrogens is 364 g/mol. The lowest BCUT2D eigenvalue weighted by molar-refractivity contribution is 0.0950. The minimum absolute atomic E-state index is 0.301. The number of hydrogen-bond acceptors (Lipinski definition) is 4. The molecule has 0 saturated heterocycles. The lowest BCUT2D eigenvalue weighted by atomic mass is 10.2. The number of benzene rings is 1. The fraction of sp³-hybridized carbons (Fsp3) is 0. The number of halogens is 1. The Balaban J connectivity index is 1.65. The van der Waals surface area contributed by atoms with Crippen molar-refractivity contribution in [3.8, 4) is 10.6 Å². The van der Waals surface area contributed by atoms with Crippen molar-refractivity contribution in [1.29, 1.82) is 0 Å². The average molecular weight is 375 g/mol. The normalized spacial score (nSPS) is 11.0. The van der Waals surface area contributed by atoms with E-state index in [-0.39, 0.29) is 5.91 Å². The van der Waals surface area contributed by atoms with Crippen LogP contribution in [0.2, 0.25) is 0 Å². The Bertz CT molecular complexity index is 811.